The molecule has 0 fully saturated rings. The highest BCUT2D eigenvalue weighted by Gasteiger charge is 2.19. The first kappa shape index (κ1) is 15.2. The van der Waals surface area contributed by atoms with E-state index in [-0.39, 0.29) is 18.4 Å². The highest BCUT2D eigenvalue weighted by molar-refractivity contribution is 9.10. The number of amides is 1. The maximum Gasteiger partial charge on any atom is 0.228 e. The van der Waals surface area contributed by atoms with Gasteiger partial charge in [-0.3, -0.25) is 4.79 Å². The number of hydrogen-bond acceptors (Lipinski definition) is 2. The fourth-order valence-electron chi connectivity index (χ4n) is 1.84. The van der Waals surface area contributed by atoms with Gasteiger partial charge in [-0.15, -0.1) is 0 Å². The summed E-state index contributed by atoms with van der Waals surface area (Å²) in [5, 5.41) is 9.16. The first-order valence-electron chi connectivity index (χ1n) is 6.10. The van der Waals surface area contributed by atoms with Crippen LogP contribution in [0.2, 0.25) is 0 Å². The van der Waals surface area contributed by atoms with Gasteiger partial charge in [-0.25, -0.2) is 0 Å². The van der Waals surface area contributed by atoms with Gasteiger partial charge in [0, 0.05) is 18.1 Å². The van der Waals surface area contributed by atoms with E-state index in [1.807, 2.05) is 32.0 Å². The van der Waals surface area contributed by atoms with Crippen molar-refractivity contribution in [3.63, 3.8) is 0 Å². The van der Waals surface area contributed by atoms with E-state index in [0.29, 0.717) is 13.0 Å². The van der Waals surface area contributed by atoms with Gasteiger partial charge < -0.3 is 10.0 Å². The van der Waals surface area contributed by atoms with Gasteiger partial charge >= 0.3 is 0 Å². The molecule has 18 heavy (non-hydrogen) atoms. The van der Waals surface area contributed by atoms with Crippen LogP contribution in [0.15, 0.2) is 22.7 Å². The molecule has 0 aliphatic rings. The van der Waals surface area contributed by atoms with Crippen LogP contribution in [0.1, 0.15) is 24.5 Å². The minimum Gasteiger partial charge on any atom is -0.396 e. The van der Waals surface area contributed by atoms with Crippen molar-refractivity contribution in [2.45, 2.75) is 26.8 Å². The van der Waals surface area contributed by atoms with Gasteiger partial charge in [0.05, 0.1) is 12.5 Å². The Morgan fingerprint density at radius 1 is 1.50 bits per heavy atom. The average molecular weight is 314 g/mol. The lowest BCUT2D eigenvalue weighted by atomic mass is 10.0. The molecule has 0 saturated heterocycles. The van der Waals surface area contributed by atoms with E-state index in [1.54, 1.807) is 11.9 Å². The molecule has 0 spiro atoms. The number of nitrogens with zero attached hydrogens (tertiary/aromatic N) is 1. The van der Waals surface area contributed by atoms with Crippen molar-refractivity contribution in [1.82, 2.24) is 4.90 Å². The smallest absolute Gasteiger partial charge is 0.228 e. The van der Waals surface area contributed by atoms with Crippen molar-refractivity contribution in [3.8, 4) is 0 Å². The SMILES string of the molecule is CCC(CO)C(=O)N(C)Cc1cc(Br)ccc1C. The second kappa shape index (κ2) is 6.90. The lowest BCUT2D eigenvalue weighted by Gasteiger charge is -2.22. The predicted octanol–water partition coefficient (Wildman–Crippen LogP) is 2.73. The summed E-state index contributed by atoms with van der Waals surface area (Å²) in [6.45, 7) is 4.43. The van der Waals surface area contributed by atoms with Gasteiger partial charge in [0.25, 0.3) is 0 Å². The second-order valence-corrected chi connectivity index (χ2v) is 5.47. The number of hydrogen-bond donors (Lipinski definition) is 1. The summed E-state index contributed by atoms with van der Waals surface area (Å²) in [6, 6.07) is 6.04. The first-order chi connectivity index (χ1) is 8.49. The van der Waals surface area contributed by atoms with Crippen LogP contribution in [0.4, 0.5) is 0 Å². The molecule has 1 N–H and O–H groups in total. The number of benzene rings is 1. The molecule has 0 aliphatic heterocycles. The zero-order valence-corrected chi connectivity index (χ0v) is 12.7. The molecule has 1 aromatic rings. The Morgan fingerprint density at radius 2 is 2.17 bits per heavy atom. The molecule has 0 aliphatic carbocycles. The van der Waals surface area contributed by atoms with Crippen LogP contribution < -0.4 is 0 Å². The average Bonchev–Trinajstić information content (AvgIpc) is 2.35. The zero-order valence-electron chi connectivity index (χ0n) is 11.1. The maximum absolute atomic E-state index is 12.1. The van der Waals surface area contributed by atoms with Crippen molar-refractivity contribution in [2.75, 3.05) is 13.7 Å². The molecular formula is C14H20BrNO2. The van der Waals surface area contributed by atoms with Crippen LogP contribution in [-0.2, 0) is 11.3 Å². The topological polar surface area (TPSA) is 40.5 Å². The zero-order chi connectivity index (χ0) is 13.7. The molecular weight excluding hydrogens is 294 g/mol. The number of aliphatic hydroxyl groups excluding tert-OH is 1. The maximum atomic E-state index is 12.1. The summed E-state index contributed by atoms with van der Waals surface area (Å²) >= 11 is 3.44. The van der Waals surface area contributed by atoms with Crippen molar-refractivity contribution < 1.29 is 9.90 Å². The standard InChI is InChI=1S/C14H20BrNO2/c1-4-11(9-17)14(18)16(3)8-12-7-13(15)6-5-10(12)2/h5-7,11,17H,4,8-9H2,1-3H3. The Balaban J connectivity index is 2.77. The molecule has 1 amide bonds. The molecule has 0 heterocycles. The van der Waals surface area contributed by atoms with E-state index in [4.69, 9.17) is 5.11 Å². The van der Waals surface area contributed by atoms with Crippen LogP contribution in [0.3, 0.4) is 0 Å². The molecule has 100 valence electrons. The fraction of sp³-hybridized carbons (Fsp3) is 0.500. The molecule has 0 aromatic heterocycles. The summed E-state index contributed by atoms with van der Waals surface area (Å²) in [5.41, 5.74) is 2.28. The van der Waals surface area contributed by atoms with Crippen molar-refractivity contribution in [1.29, 1.82) is 0 Å². The van der Waals surface area contributed by atoms with Gasteiger partial charge in [-0.1, -0.05) is 28.9 Å². The number of rotatable bonds is 5. The summed E-state index contributed by atoms with van der Waals surface area (Å²) in [5.74, 6) is -0.290. The van der Waals surface area contributed by atoms with E-state index in [0.717, 1.165) is 15.6 Å². The summed E-state index contributed by atoms with van der Waals surface area (Å²) < 4.78 is 1.01. The Hall–Kier alpha value is -0.870. The molecule has 1 aromatic carbocycles. The molecule has 1 atom stereocenters. The van der Waals surface area contributed by atoms with Crippen molar-refractivity contribution in [2.24, 2.45) is 5.92 Å². The number of aliphatic hydroxyl groups is 1. The Labute approximate surface area is 117 Å². The number of carbonyl (C=O) groups excluding carboxylic acids is 1. The Kier molecular flexibility index (Phi) is 5.82. The third kappa shape index (κ3) is 3.82. The monoisotopic (exact) mass is 313 g/mol. The lowest BCUT2D eigenvalue weighted by molar-refractivity contribution is -0.136. The minimum atomic E-state index is -0.289. The van der Waals surface area contributed by atoms with Gasteiger partial charge in [0.15, 0.2) is 0 Å². The number of halogens is 1. The molecule has 0 radical (unpaired) electrons. The molecule has 0 bridgehead atoms. The number of aryl methyl sites for hydroxylation is 1. The molecule has 1 unspecified atom stereocenters. The summed E-state index contributed by atoms with van der Waals surface area (Å²) in [7, 11) is 1.78. The second-order valence-electron chi connectivity index (χ2n) is 4.55. The quantitative estimate of drug-likeness (QED) is 0.908. The Bertz CT molecular complexity index is 416. The molecule has 3 nitrogen and oxygen atoms in total. The number of carbonyl (C=O) groups is 1. The summed E-state index contributed by atoms with van der Waals surface area (Å²) in [4.78, 5) is 13.7. The summed E-state index contributed by atoms with van der Waals surface area (Å²) in [6.07, 6.45) is 0.664. The van der Waals surface area contributed by atoms with E-state index in [1.165, 1.54) is 0 Å². The van der Waals surface area contributed by atoms with Crippen LogP contribution >= 0.6 is 15.9 Å². The van der Waals surface area contributed by atoms with Gasteiger partial charge in [-0.2, -0.15) is 0 Å². The lowest BCUT2D eigenvalue weighted by Crippen LogP contribution is -2.34. The van der Waals surface area contributed by atoms with Crippen molar-refractivity contribution >= 4 is 21.8 Å². The fourth-order valence-corrected chi connectivity index (χ4v) is 2.25. The van der Waals surface area contributed by atoms with Crippen LogP contribution in [0, 0.1) is 12.8 Å². The van der Waals surface area contributed by atoms with Crippen LogP contribution in [0.5, 0.6) is 0 Å². The van der Waals surface area contributed by atoms with Gasteiger partial charge in [0.2, 0.25) is 5.91 Å². The first-order valence-corrected chi connectivity index (χ1v) is 6.89. The van der Waals surface area contributed by atoms with Gasteiger partial charge in [0.1, 0.15) is 0 Å². The van der Waals surface area contributed by atoms with Crippen molar-refractivity contribution in [3.05, 3.63) is 33.8 Å². The third-order valence-corrected chi connectivity index (χ3v) is 3.65. The third-order valence-electron chi connectivity index (χ3n) is 3.16. The molecule has 1 rings (SSSR count). The van der Waals surface area contributed by atoms with Gasteiger partial charge in [-0.05, 0) is 36.6 Å². The normalized spacial score (nSPS) is 12.3. The van der Waals surface area contributed by atoms with E-state index in [2.05, 4.69) is 15.9 Å². The van der Waals surface area contributed by atoms with E-state index < -0.39 is 0 Å². The molecule has 4 heteroatoms. The highest BCUT2D eigenvalue weighted by atomic mass is 79.9. The molecule has 0 saturated carbocycles. The largest absolute Gasteiger partial charge is 0.396 e. The van der Waals surface area contributed by atoms with E-state index >= 15 is 0 Å². The Morgan fingerprint density at radius 3 is 2.72 bits per heavy atom. The highest BCUT2D eigenvalue weighted by Crippen LogP contribution is 2.18. The predicted molar refractivity (Wildman–Crippen MR) is 76.2 cm³/mol. The minimum absolute atomic E-state index is 0.000578. The van der Waals surface area contributed by atoms with Crippen LogP contribution in [0.25, 0.3) is 0 Å². The van der Waals surface area contributed by atoms with E-state index in [9.17, 15) is 4.79 Å². The van der Waals surface area contributed by atoms with Crippen LogP contribution in [-0.4, -0.2) is 29.6 Å².